The standard InChI is InChI=1S/C12H13BrN4O3/c13-7-3-17(11-9(7)10(14)15-6-16-11)8-1-2-12(4-18,5-19)20-8/h3-4,6,8,19H,1-2,5H2,(H2,14,15,16). The first-order valence-corrected chi connectivity index (χ1v) is 6.91. The number of nitrogen functional groups attached to an aromatic ring is 1. The molecule has 3 N–H and O–H groups in total. The van der Waals surface area contributed by atoms with Gasteiger partial charge in [0.2, 0.25) is 0 Å². The highest BCUT2D eigenvalue weighted by Crippen LogP contribution is 2.39. The Bertz CT molecular complexity index is 674. The highest BCUT2D eigenvalue weighted by atomic mass is 79.9. The van der Waals surface area contributed by atoms with Gasteiger partial charge in [-0.1, -0.05) is 0 Å². The number of nitrogens with two attached hydrogens (primary N) is 1. The second kappa shape index (κ2) is 4.80. The summed E-state index contributed by atoms with van der Waals surface area (Å²) in [6, 6.07) is 0. The van der Waals surface area contributed by atoms with Crippen molar-refractivity contribution in [3.63, 3.8) is 0 Å². The molecule has 2 atom stereocenters. The van der Waals surface area contributed by atoms with Gasteiger partial charge in [0.15, 0.2) is 6.29 Å². The van der Waals surface area contributed by atoms with Crippen LogP contribution in [-0.4, -0.2) is 38.1 Å². The van der Waals surface area contributed by atoms with Crippen LogP contribution in [0.25, 0.3) is 11.0 Å². The van der Waals surface area contributed by atoms with Crippen molar-refractivity contribution in [3.05, 3.63) is 17.0 Å². The summed E-state index contributed by atoms with van der Waals surface area (Å²) in [5.41, 5.74) is 5.36. The van der Waals surface area contributed by atoms with Crippen molar-refractivity contribution in [1.29, 1.82) is 0 Å². The largest absolute Gasteiger partial charge is 0.393 e. The molecule has 8 heteroatoms. The van der Waals surface area contributed by atoms with Crippen LogP contribution in [0.3, 0.4) is 0 Å². The molecule has 3 rings (SSSR count). The first-order valence-electron chi connectivity index (χ1n) is 6.12. The zero-order valence-corrected chi connectivity index (χ0v) is 12.1. The van der Waals surface area contributed by atoms with Crippen molar-refractivity contribution in [2.75, 3.05) is 12.3 Å². The van der Waals surface area contributed by atoms with Crippen LogP contribution in [0.1, 0.15) is 19.1 Å². The van der Waals surface area contributed by atoms with E-state index in [2.05, 4.69) is 25.9 Å². The zero-order valence-electron chi connectivity index (χ0n) is 10.5. The molecule has 0 amide bonds. The lowest BCUT2D eigenvalue weighted by atomic mass is 10.0. The third-order valence-electron chi connectivity index (χ3n) is 3.57. The molecule has 1 aliphatic rings. The molecule has 0 aromatic carbocycles. The van der Waals surface area contributed by atoms with E-state index in [1.807, 2.05) is 0 Å². The molecule has 0 saturated carbocycles. The highest BCUT2D eigenvalue weighted by Gasteiger charge is 2.41. The van der Waals surface area contributed by atoms with Crippen molar-refractivity contribution in [2.45, 2.75) is 24.7 Å². The number of fused-ring (bicyclic) bond motifs is 1. The lowest BCUT2D eigenvalue weighted by molar-refractivity contribution is -0.140. The van der Waals surface area contributed by atoms with Gasteiger partial charge in [-0.15, -0.1) is 0 Å². The molecular formula is C12H13BrN4O3. The molecule has 0 bridgehead atoms. The quantitative estimate of drug-likeness (QED) is 0.808. The number of halogens is 1. The molecular weight excluding hydrogens is 328 g/mol. The second-order valence-electron chi connectivity index (χ2n) is 4.79. The lowest BCUT2D eigenvalue weighted by Crippen LogP contribution is -2.34. The van der Waals surface area contributed by atoms with Crippen LogP contribution in [0, 0.1) is 0 Å². The van der Waals surface area contributed by atoms with E-state index in [0.29, 0.717) is 36.0 Å². The predicted molar refractivity (Wildman–Crippen MR) is 74.9 cm³/mol. The average Bonchev–Trinajstić information content (AvgIpc) is 3.02. The fourth-order valence-corrected chi connectivity index (χ4v) is 3.08. The number of carbonyl (C=O) groups excluding carboxylic acids is 1. The maximum atomic E-state index is 11.1. The molecule has 2 unspecified atom stereocenters. The summed E-state index contributed by atoms with van der Waals surface area (Å²) in [5, 5.41) is 10.0. The molecule has 3 heterocycles. The topological polar surface area (TPSA) is 103 Å². The smallest absolute Gasteiger partial charge is 0.154 e. The molecule has 1 fully saturated rings. The van der Waals surface area contributed by atoms with Crippen LogP contribution >= 0.6 is 15.9 Å². The molecule has 1 aliphatic heterocycles. The number of rotatable bonds is 3. The molecule has 0 aliphatic carbocycles. The third kappa shape index (κ3) is 1.91. The molecule has 20 heavy (non-hydrogen) atoms. The van der Waals surface area contributed by atoms with Gasteiger partial charge in [0.05, 0.1) is 12.0 Å². The van der Waals surface area contributed by atoms with Crippen molar-refractivity contribution < 1.29 is 14.6 Å². The zero-order chi connectivity index (χ0) is 14.3. The van der Waals surface area contributed by atoms with Crippen molar-refractivity contribution >= 4 is 39.1 Å². The SMILES string of the molecule is Nc1ncnc2c1c(Br)cn2C1CCC(C=O)(CO)O1. The van der Waals surface area contributed by atoms with E-state index in [4.69, 9.17) is 10.5 Å². The summed E-state index contributed by atoms with van der Waals surface area (Å²) in [7, 11) is 0. The number of nitrogens with zero attached hydrogens (tertiary/aromatic N) is 3. The van der Waals surface area contributed by atoms with E-state index in [1.54, 1.807) is 10.8 Å². The van der Waals surface area contributed by atoms with E-state index >= 15 is 0 Å². The van der Waals surface area contributed by atoms with Gasteiger partial charge in [0, 0.05) is 10.7 Å². The molecule has 2 aromatic heterocycles. The number of hydrogen-bond acceptors (Lipinski definition) is 6. The highest BCUT2D eigenvalue weighted by molar-refractivity contribution is 9.10. The maximum Gasteiger partial charge on any atom is 0.154 e. The fraction of sp³-hybridized carbons (Fsp3) is 0.417. The monoisotopic (exact) mass is 340 g/mol. The maximum absolute atomic E-state index is 11.1. The molecule has 1 saturated heterocycles. The molecule has 7 nitrogen and oxygen atoms in total. The average molecular weight is 341 g/mol. The number of ether oxygens (including phenoxy) is 1. The van der Waals surface area contributed by atoms with Crippen molar-refractivity contribution in [2.24, 2.45) is 0 Å². The number of hydrogen-bond donors (Lipinski definition) is 2. The van der Waals surface area contributed by atoms with E-state index in [-0.39, 0.29) is 12.8 Å². The van der Waals surface area contributed by atoms with Crippen LogP contribution in [0.5, 0.6) is 0 Å². The minimum absolute atomic E-state index is 0.329. The number of carbonyl (C=O) groups is 1. The number of aldehydes is 1. The Hall–Kier alpha value is -1.51. The normalized spacial score (nSPS) is 26.2. The Kier molecular flexibility index (Phi) is 3.23. The molecule has 106 valence electrons. The van der Waals surface area contributed by atoms with Gasteiger partial charge in [-0.2, -0.15) is 0 Å². The fourth-order valence-electron chi connectivity index (χ4n) is 2.47. The summed E-state index contributed by atoms with van der Waals surface area (Å²) < 4.78 is 8.29. The first kappa shape index (κ1) is 13.5. The summed E-state index contributed by atoms with van der Waals surface area (Å²) in [4.78, 5) is 19.3. The number of anilines is 1. The Morgan fingerprint density at radius 1 is 1.65 bits per heavy atom. The molecule has 2 aromatic rings. The van der Waals surface area contributed by atoms with Gasteiger partial charge >= 0.3 is 0 Å². The molecule has 0 spiro atoms. The van der Waals surface area contributed by atoms with Gasteiger partial charge in [-0.05, 0) is 28.8 Å². The Morgan fingerprint density at radius 3 is 3.10 bits per heavy atom. The minimum atomic E-state index is -1.12. The number of aromatic nitrogens is 3. The van der Waals surface area contributed by atoms with E-state index in [9.17, 15) is 9.90 Å². The van der Waals surface area contributed by atoms with Crippen LogP contribution in [0.15, 0.2) is 17.0 Å². The third-order valence-corrected chi connectivity index (χ3v) is 4.17. The Morgan fingerprint density at radius 2 is 2.45 bits per heavy atom. The minimum Gasteiger partial charge on any atom is -0.393 e. The van der Waals surface area contributed by atoms with Crippen molar-refractivity contribution in [3.8, 4) is 0 Å². The van der Waals surface area contributed by atoms with Crippen LogP contribution in [0.2, 0.25) is 0 Å². The summed E-state index contributed by atoms with van der Waals surface area (Å²) >= 11 is 3.42. The van der Waals surface area contributed by atoms with Gasteiger partial charge in [0.1, 0.15) is 29.6 Å². The van der Waals surface area contributed by atoms with E-state index in [1.165, 1.54) is 6.33 Å². The van der Waals surface area contributed by atoms with Crippen molar-refractivity contribution in [1.82, 2.24) is 14.5 Å². The lowest BCUT2D eigenvalue weighted by Gasteiger charge is -2.21. The van der Waals surface area contributed by atoms with Gasteiger partial charge in [-0.25, -0.2) is 9.97 Å². The summed E-state index contributed by atoms with van der Waals surface area (Å²) in [6.45, 7) is -0.329. The second-order valence-corrected chi connectivity index (χ2v) is 5.65. The van der Waals surface area contributed by atoms with Gasteiger partial charge in [0.25, 0.3) is 0 Å². The summed E-state index contributed by atoms with van der Waals surface area (Å²) in [6.07, 6.45) is 4.56. The van der Waals surface area contributed by atoms with Crippen LogP contribution in [-0.2, 0) is 9.53 Å². The molecule has 0 radical (unpaired) electrons. The van der Waals surface area contributed by atoms with Gasteiger partial charge in [-0.3, -0.25) is 0 Å². The predicted octanol–water partition coefficient (Wildman–Crippen LogP) is 1.02. The summed E-state index contributed by atoms with van der Waals surface area (Å²) in [5.74, 6) is 0.377. The Labute approximate surface area is 122 Å². The van der Waals surface area contributed by atoms with Gasteiger partial charge < -0.3 is 24.9 Å². The van der Waals surface area contributed by atoms with Crippen LogP contribution < -0.4 is 5.73 Å². The van der Waals surface area contributed by atoms with Crippen LogP contribution in [0.4, 0.5) is 5.82 Å². The Balaban J connectivity index is 2.04. The number of aliphatic hydroxyl groups excluding tert-OH is 1. The van der Waals surface area contributed by atoms with E-state index < -0.39 is 5.60 Å². The number of aliphatic hydroxyl groups is 1. The first-order chi connectivity index (χ1) is 9.60. The van der Waals surface area contributed by atoms with E-state index in [0.717, 1.165) is 4.47 Å².